The minimum absolute atomic E-state index is 0.0790. The lowest BCUT2D eigenvalue weighted by atomic mass is 9.77. The molecule has 1 aliphatic heterocycles. The van der Waals surface area contributed by atoms with Crippen molar-refractivity contribution in [2.24, 2.45) is 5.41 Å². The van der Waals surface area contributed by atoms with Gasteiger partial charge in [0.1, 0.15) is 17.4 Å². The molecular formula is C18H22N4O2S. The average molecular weight is 358 g/mol. The zero-order chi connectivity index (χ0) is 18.4. The summed E-state index contributed by atoms with van der Waals surface area (Å²) >= 11 is 1.49. The van der Waals surface area contributed by atoms with E-state index in [0.717, 1.165) is 23.3 Å². The van der Waals surface area contributed by atoms with Crippen molar-refractivity contribution in [1.29, 1.82) is 5.26 Å². The Hall–Kier alpha value is -2.20. The van der Waals surface area contributed by atoms with Gasteiger partial charge in [0.05, 0.1) is 17.8 Å². The lowest BCUT2D eigenvalue weighted by Gasteiger charge is -2.42. The summed E-state index contributed by atoms with van der Waals surface area (Å²) < 4.78 is 1.36. The molecule has 1 saturated heterocycles. The number of hydrogen-bond donors (Lipinski definition) is 0. The van der Waals surface area contributed by atoms with Crippen molar-refractivity contribution in [2.45, 2.75) is 53.1 Å². The van der Waals surface area contributed by atoms with Crippen LogP contribution in [0, 0.1) is 30.6 Å². The molecule has 25 heavy (non-hydrogen) atoms. The third-order valence-corrected chi connectivity index (χ3v) is 6.29. The van der Waals surface area contributed by atoms with Gasteiger partial charge >= 0.3 is 0 Å². The smallest absolute Gasteiger partial charge is 0.262 e. The quantitative estimate of drug-likeness (QED) is 0.826. The fraction of sp³-hybridized carbons (Fsp3) is 0.556. The number of aromatic nitrogens is 2. The van der Waals surface area contributed by atoms with E-state index in [1.54, 1.807) is 4.90 Å². The van der Waals surface area contributed by atoms with Gasteiger partial charge in [-0.15, -0.1) is 11.3 Å². The molecule has 0 spiro atoms. The van der Waals surface area contributed by atoms with Gasteiger partial charge in [-0.25, -0.2) is 4.98 Å². The summed E-state index contributed by atoms with van der Waals surface area (Å²) in [6, 6.07) is 1.80. The number of likely N-dealkylation sites (tertiary alicyclic amines) is 1. The molecule has 7 heteroatoms. The normalized spacial score (nSPS) is 19.8. The Morgan fingerprint density at radius 1 is 1.48 bits per heavy atom. The Kier molecular flexibility index (Phi) is 4.41. The van der Waals surface area contributed by atoms with Crippen molar-refractivity contribution >= 4 is 27.5 Å². The molecule has 0 bridgehead atoms. The first-order valence-electron chi connectivity index (χ1n) is 8.40. The number of aryl methyl sites for hydroxylation is 2. The summed E-state index contributed by atoms with van der Waals surface area (Å²) in [5.74, 6) is -0.202. The number of hydrogen-bond acceptors (Lipinski definition) is 5. The lowest BCUT2D eigenvalue weighted by Crippen LogP contribution is -2.52. The van der Waals surface area contributed by atoms with Crippen LogP contribution in [0.3, 0.4) is 0 Å². The summed E-state index contributed by atoms with van der Waals surface area (Å²) in [4.78, 5) is 33.3. The van der Waals surface area contributed by atoms with Gasteiger partial charge in [0.2, 0.25) is 5.91 Å². The second-order valence-corrected chi connectivity index (χ2v) is 8.56. The van der Waals surface area contributed by atoms with E-state index in [1.165, 1.54) is 22.2 Å². The summed E-state index contributed by atoms with van der Waals surface area (Å²) in [7, 11) is 0. The van der Waals surface area contributed by atoms with Gasteiger partial charge in [-0.3, -0.25) is 14.2 Å². The van der Waals surface area contributed by atoms with Crippen LogP contribution in [0.1, 0.15) is 37.1 Å². The number of rotatable bonds is 2. The molecule has 2 aromatic rings. The Labute approximate surface area is 150 Å². The number of carbonyl (C=O) groups excluding carboxylic acids is 1. The Balaban J connectivity index is 1.92. The van der Waals surface area contributed by atoms with Crippen molar-refractivity contribution in [3.8, 4) is 6.07 Å². The topological polar surface area (TPSA) is 79.0 Å². The van der Waals surface area contributed by atoms with Crippen molar-refractivity contribution in [1.82, 2.24) is 14.5 Å². The highest BCUT2D eigenvalue weighted by Crippen LogP contribution is 2.34. The first kappa shape index (κ1) is 17.6. The number of nitriles is 1. The minimum Gasteiger partial charge on any atom is -0.325 e. The van der Waals surface area contributed by atoms with Gasteiger partial charge in [0, 0.05) is 11.4 Å². The Morgan fingerprint density at radius 2 is 2.20 bits per heavy atom. The predicted molar refractivity (Wildman–Crippen MR) is 97.5 cm³/mol. The number of fused-ring (bicyclic) bond motifs is 1. The molecule has 0 radical (unpaired) electrons. The number of carbonyl (C=O) groups is 1. The van der Waals surface area contributed by atoms with Crippen LogP contribution in [0.2, 0.25) is 0 Å². The van der Waals surface area contributed by atoms with E-state index >= 15 is 0 Å². The minimum atomic E-state index is -0.466. The molecule has 1 atom stereocenters. The lowest BCUT2D eigenvalue weighted by molar-refractivity contribution is -0.137. The molecule has 0 N–H and O–H groups in total. The van der Waals surface area contributed by atoms with Crippen molar-refractivity contribution in [3.63, 3.8) is 0 Å². The Morgan fingerprint density at radius 3 is 2.88 bits per heavy atom. The van der Waals surface area contributed by atoms with Crippen LogP contribution in [0.5, 0.6) is 0 Å². The van der Waals surface area contributed by atoms with E-state index in [-0.39, 0.29) is 23.4 Å². The fourth-order valence-electron chi connectivity index (χ4n) is 3.52. The highest BCUT2D eigenvalue weighted by Gasteiger charge is 2.40. The van der Waals surface area contributed by atoms with Gasteiger partial charge in [-0.1, -0.05) is 13.8 Å². The van der Waals surface area contributed by atoms with Crippen molar-refractivity contribution in [2.75, 3.05) is 6.54 Å². The highest BCUT2D eigenvalue weighted by molar-refractivity contribution is 7.18. The summed E-state index contributed by atoms with van der Waals surface area (Å²) in [5, 5.41) is 10.1. The van der Waals surface area contributed by atoms with Gasteiger partial charge in [-0.05, 0) is 37.7 Å². The molecule has 6 nitrogen and oxygen atoms in total. The number of piperidine rings is 1. The molecule has 132 valence electrons. The molecule has 1 amide bonds. The summed E-state index contributed by atoms with van der Waals surface area (Å²) in [6.07, 6.45) is 3.22. The van der Waals surface area contributed by atoms with E-state index in [9.17, 15) is 14.9 Å². The maximum absolute atomic E-state index is 12.8. The third-order valence-electron chi connectivity index (χ3n) is 5.18. The second-order valence-electron chi connectivity index (χ2n) is 7.35. The Bertz CT molecular complexity index is 935. The first-order chi connectivity index (χ1) is 11.8. The zero-order valence-electron chi connectivity index (χ0n) is 15.0. The maximum Gasteiger partial charge on any atom is 0.262 e. The molecule has 0 aromatic carbocycles. The van der Waals surface area contributed by atoms with Crippen molar-refractivity contribution in [3.05, 3.63) is 27.1 Å². The van der Waals surface area contributed by atoms with E-state index < -0.39 is 6.04 Å². The molecule has 1 aliphatic rings. The van der Waals surface area contributed by atoms with Gasteiger partial charge < -0.3 is 4.90 Å². The van der Waals surface area contributed by atoms with Crippen LogP contribution >= 0.6 is 11.3 Å². The van der Waals surface area contributed by atoms with E-state index in [0.29, 0.717) is 16.8 Å². The molecule has 0 saturated carbocycles. The highest BCUT2D eigenvalue weighted by atomic mass is 32.1. The van der Waals surface area contributed by atoms with E-state index in [2.05, 4.69) is 11.1 Å². The molecule has 2 aromatic heterocycles. The third kappa shape index (κ3) is 2.95. The molecule has 3 heterocycles. The number of thiophene rings is 1. The molecule has 3 rings (SSSR count). The number of amides is 1. The van der Waals surface area contributed by atoms with Crippen LogP contribution in [0.15, 0.2) is 11.1 Å². The largest absolute Gasteiger partial charge is 0.325 e. The zero-order valence-corrected chi connectivity index (χ0v) is 15.8. The van der Waals surface area contributed by atoms with Gasteiger partial charge in [-0.2, -0.15) is 5.26 Å². The van der Waals surface area contributed by atoms with Crippen LogP contribution < -0.4 is 5.56 Å². The molecule has 0 aliphatic carbocycles. The van der Waals surface area contributed by atoms with Crippen LogP contribution in [0.4, 0.5) is 0 Å². The van der Waals surface area contributed by atoms with E-state index in [4.69, 9.17) is 0 Å². The van der Waals surface area contributed by atoms with Crippen LogP contribution in [-0.4, -0.2) is 32.9 Å². The predicted octanol–water partition coefficient (Wildman–Crippen LogP) is 2.62. The molecular weight excluding hydrogens is 336 g/mol. The summed E-state index contributed by atoms with van der Waals surface area (Å²) in [5.41, 5.74) is 0.495. The monoisotopic (exact) mass is 358 g/mol. The fourth-order valence-corrected chi connectivity index (χ4v) is 4.51. The van der Waals surface area contributed by atoms with Crippen LogP contribution in [-0.2, 0) is 11.3 Å². The standard InChI is InChI=1S/C18H22N4O2S/c1-11-12(2)25-16-15(11)17(24)21(10-20-16)9-14(23)22-7-5-6-18(3,4)13(22)8-19/h10,13H,5-7,9H2,1-4H3/t13-/m0/s1. The maximum atomic E-state index is 12.8. The second kappa shape index (κ2) is 6.26. The SMILES string of the molecule is Cc1sc2ncn(CC(=O)N3CCCC(C)(C)[C@@H]3C#N)c(=O)c2c1C. The number of nitrogens with zero attached hydrogens (tertiary/aromatic N) is 4. The molecule has 0 unspecified atom stereocenters. The van der Waals surface area contributed by atoms with E-state index in [1.807, 2.05) is 27.7 Å². The van der Waals surface area contributed by atoms with Crippen molar-refractivity contribution < 1.29 is 4.79 Å². The summed E-state index contributed by atoms with van der Waals surface area (Å²) in [6.45, 7) is 8.37. The molecule has 1 fully saturated rings. The van der Waals surface area contributed by atoms with Gasteiger partial charge in [0.25, 0.3) is 5.56 Å². The van der Waals surface area contributed by atoms with Crippen LogP contribution in [0.25, 0.3) is 10.2 Å². The average Bonchev–Trinajstić information content (AvgIpc) is 2.84. The van der Waals surface area contributed by atoms with Gasteiger partial charge in [0.15, 0.2) is 0 Å². The first-order valence-corrected chi connectivity index (χ1v) is 9.22.